The van der Waals surface area contributed by atoms with Gasteiger partial charge in [0.05, 0.1) is 6.07 Å². The third-order valence-electron chi connectivity index (χ3n) is 4.13. The number of nitriles is 1. The summed E-state index contributed by atoms with van der Waals surface area (Å²) in [4.78, 5) is 11.1. The van der Waals surface area contributed by atoms with Crippen LogP contribution in [0.2, 0.25) is 0 Å². The molecule has 94 valence electrons. The molecule has 17 heavy (non-hydrogen) atoms. The van der Waals surface area contributed by atoms with Gasteiger partial charge in [0.15, 0.2) is 0 Å². The molecule has 0 bridgehead atoms. The summed E-state index contributed by atoms with van der Waals surface area (Å²) in [5, 5.41) is 8.60. The largest absolute Gasteiger partial charge is 0.300 e. The molecule has 0 aromatic heterocycles. The molecule has 0 unspecified atom stereocenters. The lowest BCUT2D eigenvalue weighted by Crippen LogP contribution is -2.44. The number of rotatable bonds is 6. The van der Waals surface area contributed by atoms with Gasteiger partial charge in [-0.15, -0.1) is 0 Å². The Balaban J connectivity index is 2.54. The molecule has 2 atom stereocenters. The van der Waals surface area contributed by atoms with Crippen molar-refractivity contribution in [2.75, 3.05) is 0 Å². The third-order valence-corrected chi connectivity index (χ3v) is 4.13. The first-order chi connectivity index (χ1) is 7.88. The normalized spacial score (nSPS) is 25.8. The average Bonchev–Trinajstić information content (AvgIpc) is 2.22. The van der Waals surface area contributed by atoms with Crippen molar-refractivity contribution < 1.29 is 4.79 Å². The molecule has 0 aromatic rings. The highest BCUT2D eigenvalue weighted by Gasteiger charge is 2.47. The molecule has 0 aromatic carbocycles. The first kappa shape index (κ1) is 14.0. The number of carbonyl (C=O) groups excluding carboxylic acids is 1. The van der Waals surface area contributed by atoms with Crippen LogP contribution in [-0.4, -0.2) is 5.78 Å². The van der Waals surface area contributed by atoms with Gasteiger partial charge in [-0.05, 0) is 43.4 Å². The summed E-state index contributed by atoms with van der Waals surface area (Å²) in [5.41, 5.74) is 1.54. The Bertz CT molecular complexity index is 348. The molecule has 2 nitrogen and oxygen atoms in total. The summed E-state index contributed by atoms with van der Waals surface area (Å²) >= 11 is 0. The summed E-state index contributed by atoms with van der Waals surface area (Å²) in [5.74, 6) is 1.37. The lowest BCUT2D eigenvalue weighted by atomic mass is 9.52. The minimum Gasteiger partial charge on any atom is -0.300 e. The lowest BCUT2D eigenvalue weighted by molar-refractivity contribution is -0.118. The standard InChI is InChI=1S/C15H23NO/c1-11(6-5-9-16)13-10-15(3,4)14(13)8-7-12(2)17/h13-14H,1,5-8,10H2,2-4H3/t13-,14+/m1/s1. The Hall–Kier alpha value is -1.10. The van der Waals surface area contributed by atoms with Crippen LogP contribution in [0.5, 0.6) is 0 Å². The second-order valence-corrected chi connectivity index (χ2v) is 5.96. The molecule has 0 aliphatic heterocycles. The van der Waals surface area contributed by atoms with Crippen LogP contribution in [-0.2, 0) is 4.79 Å². The van der Waals surface area contributed by atoms with Gasteiger partial charge in [-0.3, -0.25) is 0 Å². The van der Waals surface area contributed by atoms with Crippen molar-refractivity contribution in [3.63, 3.8) is 0 Å². The fourth-order valence-corrected chi connectivity index (χ4v) is 3.03. The van der Waals surface area contributed by atoms with Gasteiger partial charge in [0.2, 0.25) is 0 Å². The number of hydrogen-bond acceptors (Lipinski definition) is 2. The van der Waals surface area contributed by atoms with Crippen LogP contribution >= 0.6 is 0 Å². The van der Waals surface area contributed by atoms with Gasteiger partial charge in [0.1, 0.15) is 5.78 Å². The monoisotopic (exact) mass is 233 g/mol. The Morgan fingerprint density at radius 1 is 1.47 bits per heavy atom. The van der Waals surface area contributed by atoms with Crippen LogP contribution in [0.25, 0.3) is 0 Å². The first-order valence-corrected chi connectivity index (χ1v) is 6.42. The minimum atomic E-state index is 0.272. The van der Waals surface area contributed by atoms with Gasteiger partial charge in [-0.1, -0.05) is 26.0 Å². The Kier molecular flexibility index (Phi) is 4.51. The second-order valence-electron chi connectivity index (χ2n) is 5.96. The number of carbonyl (C=O) groups is 1. The second kappa shape index (κ2) is 5.49. The quantitative estimate of drug-likeness (QED) is 0.653. The predicted molar refractivity (Wildman–Crippen MR) is 69.3 cm³/mol. The number of ketones is 1. The zero-order valence-corrected chi connectivity index (χ0v) is 11.3. The Labute approximate surface area is 105 Å². The first-order valence-electron chi connectivity index (χ1n) is 6.42. The Morgan fingerprint density at radius 3 is 2.59 bits per heavy atom. The van der Waals surface area contributed by atoms with Crippen molar-refractivity contribution >= 4 is 5.78 Å². The van der Waals surface area contributed by atoms with E-state index in [-0.39, 0.29) is 5.78 Å². The van der Waals surface area contributed by atoms with Gasteiger partial charge in [0, 0.05) is 12.8 Å². The predicted octanol–water partition coefficient (Wildman–Crippen LogP) is 3.88. The maximum absolute atomic E-state index is 11.1. The minimum absolute atomic E-state index is 0.272. The van der Waals surface area contributed by atoms with Crippen molar-refractivity contribution in [3.8, 4) is 6.07 Å². The maximum Gasteiger partial charge on any atom is 0.129 e. The molecule has 0 spiro atoms. The van der Waals surface area contributed by atoms with Gasteiger partial charge >= 0.3 is 0 Å². The molecule has 1 rings (SSSR count). The molecule has 0 heterocycles. The van der Waals surface area contributed by atoms with Crippen LogP contribution in [0.1, 0.15) is 52.9 Å². The average molecular weight is 233 g/mol. The summed E-state index contributed by atoms with van der Waals surface area (Å²) in [6.07, 6.45) is 4.18. The molecule has 0 amide bonds. The topological polar surface area (TPSA) is 40.9 Å². The highest BCUT2D eigenvalue weighted by atomic mass is 16.1. The van der Waals surface area contributed by atoms with Crippen molar-refractivity contribution in [2.45, 2.75) is 52.9 Å². The maximum atomic E-state index is 11.1. The SMILES string of the molecule is C=C(CCC#N)[C@H]1CC(C)(C)[C@H]1CCC(C)=O. The Morgan fingerprint density at radius 2 is 2.12 bits per heavy atom. The van der Waals surface area contributed by atoms with Crippen LogP contribution < -0.4 is 0 Å². The summed E-state index contributed by atoms with van der Waals surface area (Å²) in [6.45, 7) is 10.3. The van der Waals surface area contributed by atoms with Crippen molar-refractivity contribution in [1.82, 2.24) is 0 Å². The van der Waals surface area contributed by atoms with E-state index in [2.05, 4.69) is 26.5 Å². The number of Topliss-reactive ketones (excluding diaryl/α,β-unsaturated/α-hetero) is 1. The van der Waals surface area contributed by atoms with E-state index in [0.717, 1.165) is 19.3 Å². The van der Waals surface area contributed by atoms with E-state index in [4.69, 9.17) is 5.26 Å². The summed E-state index contributed by atoms with van der Waals surface area (Å²) in [7, 11) is 0. The third kappa shape index (κ3) is 3.43. The van der Waals surface area contributed by atoms with Crippen LogP contribution in [0.15, 0.2) is 12.2 Å². The van der Waals surface area contributed by atoms with E-state index in [1.807, 2.05) is 0 Å². The zero-order valence-electron chi connectivity index (χ0n) is 11.3. The van der Waals surface area contributed by atoms with E-state index in [1.165, 1.54) is 5.57 Å². The molecular weight excluding hydrogens is 210 g/mol. The summed E-state index contributed by atoms with van der Waals surface area (Å²) in [6, 6.07) is 2.17. The number of allylic oxidation sites excluding steroid dienone is 1. The number of nitrogens with zero attached hydrogens (tertiary/aromatic N) is 1. The van der Waals surface area contributed by atoms with Crippen molar-refractivity contribution in [3.05, 3.63) is 12.2 Å². The molecule has 0 radical (unpaired) electrons. The summed E-state index contributed by atoms with van der Waals surface area (Å²) < 4.78 is 0. The molecule has 1 fully saturated rings. The zero-order chi connectivity index (χ0) is 13.1. The molecule has 0 N–H and O–H groups in total. The van der Waals surface area contributed by atoms with Gasteiger partial charge in [-0.25, -0.2) is 0 Å². The molecule has 1 aliphatic carbocycles. The van der Waals surface area contributed by atoms with E-state index >= 15 is 0 Å². The smallest absolute Gasteiger partial charge is 0.129 e. The van der Waals surface area contributed by atoms with E-state index in [9.17, 15) is 4.79 Å². The highest BCUT2D eigenvalue weighted by molar-refractivity contribution is 5.75. The van der Waals surface area contributed by atoms with E-state index in [1.54, 1.807) is 6.92 Å². The van der Waals surface area contributed by atoms with Crippen LogP contribution in [0.3, 0.4) is 0 Å². The van der Waals surface area contributed by atoms with Gasteiger partial charge < -0.3 is 4.79 Å². The molecular formula is C15H23NO. The van der Waals surface area contributed by atoms with E-state index < -0.39 is 0 Å². The highest BCUT2D eigenvalue weighted by Crippen LogP contribution is 2.55. The lowest BCUT2D eigenvalue weighted by Gasteiger charge is -2.53. The molecule has 1 aliphatic rings. The number of hydrogen-bond donors (Lipinski definition) is 0. The molecule has 1 saturated carbocycles. The molecule has 0 saturated heterocycles. The van der Waals surface area contributed by atoms with E-state index in [0.29, 0.717) is 30.1 Å². The van der Waals surface area contributed by atoms with Crippen LogP contribution in [0.4, 0.5) is 0 Å². The van der Waals surface area contributed by atoms with Crippen molar-refractivity contribution in [1.29, 1.82) is 5.26 Å². The molecule has 2 heteroatoms. The fourth-order valence-electron chi connectivity index (χ4n) is 3.03. The van der Waals surface area contributed by atoms with Crippen LogP contribution in [0, 0.1) is 28.6 Å². The fraction of sp³-hybridized carbons (Fsp3) is 0.733. The van der Waals surface area contributed by atoms with Gasteiger partial charge in [0.25, 0.3) is 0 Å². The van der Waals surface area contributed by atoms with Gasteiger partial charge in [-0.2, -0.15) is 5.26 Å². The van der Waals surface area contributed by atoms with Crippen molar-refractivity contribution in [2.24, 2.45) is 17.3 Å².